The minimum Gasteiger partial charge on any atom is -0.459 e. The number of esters is 1. The van der Waals surface area contributed by atoms with Crippen LogP contribution >= 0.6 is 0 Å². The van der Waals surface area contributed by atoms with E-state index in [1.807, 2.05) is 30.3 Å². The van der Waals surface area contributed by atoms with E-state index in [0.29, 0.717) is 18.5 Å². The molecule has 1 N–H and O–H groups in total. The maximum Gasteiger partial charge on any atom is 0.329 e. The molecule has 1 aliphatic heterocycles. The summed E-state index contributed by atoms with van der Waals surface area (Å²) in [4.78, 5) is 42.9. The van der Waals surface area contributed by atoms with Gasteiger partial charge >= 0.3 is 5.97 Å². The van der Waals surface area contributed by atoms with Crippen LogP contribution in [-0.2, 0) is 20.9 Å². The molecule has 1 saturated heterocycles. The van der Waals surface area contributed by atoms with Crippen LogP contribution in [0.25, 0.3) is 0 Å². The van der Waals surface area contributed by atoms with Crippen LogP contribution in [0.5, 0.6) is 0 Å². The number of aromatic nitrogens is 1. The third-order valence-corrected chi connectivity index (χ3v) is 4.69. The maximum atomic E-state index is 12.8. The fourth-order valence-electron chi connectivity index (χ4n) is 3.19. The van der Waals surface area contributed by atoms with Crippen molar-refractivity contribution in [2.45, 2.75) is 38.5 Å². The van der Waals surface area contributed by atoms with E-state index in [4.69, 9.17) is 4.74 Å². The summed E-state index contributed by atoms with van der Waals surface area (Å²) >= 11 is 0. The molecule has 0 spiro atoms. The number of amides is 2. The highest BCUT2D eigenvalue weighted by Crippen LogP contribution is 2.20. The van der Waals surface area contributed by atoms with Crippen LogP contribution in [0.2, 0.25) is 0 Å². The first-order valence-electron chi connectivity index (χ1n) is 9.28. The van der Waals surface area contributed by atoms with E-state index >= 15 is 0 Å². The Morgan fingerprint density at radius 2 is 1.89 bits per heavy atom. The molecule has 0 saturated carbocycles. The van der Waals surface area contributed by atoms with Gasteiger partial charge in [0.1, 0.15) is 18.7 Å². The van der Waals surface area contributed by atoms with E-state index in [9.17, 15) is 14.4 Å². The number of carbonyl (C=O) groups excluding carboxylic acids is 3. The van der Waals surface area contributed by atoms with Crippen molar-refractivity contribution in [3.63, 3.8) is 0 Å². The van der Waals surface area contributed by atoms with E-state index < -0.39 is 18.1 Å². The molecular formula is C21H23N3O4. The lowest BCUT2D eigenvalue weighted by molar-refractivity contribution is -0.154. The van der Waals surface area contributed by atoms with Crippen LogP contribution < -0.4 is 5.32 Å². The second kappa shape index (κ2) is 9.12. The smallest absolute Gasteiger partial charge is 0.329 e. The topological polar surface area (TPSA) is 88.6 Å². The van der Waals surface area contributed by atoms with E-state index in [-0.39, 0.29) is 18.4 Å². The van der Waals surface area contributed by atoms with Crippen molar-refractivity contribution in [2.75, 3.05) is 6.54 Å². The third-order valence-electron chi connectivity index (χ3n) is 4.69. The first-order chi connectivity index (χ1) is 13.6. The van der Waals surface area contributed by atoms with Crippen LogP contribution in [0.3, 0.4) is 0 Å². The van der Waals surface area contributed by atoms with Gasteiger partial charge in [0.2, 0.25) is 5.91 Å². The normalized spacial score (nSPS) is 17.0. The lowest BCUT2D eigenvalue weighted by atomic mass is 10.2. The van der Waals surface area contributed by atoms with E-state index in [2.05, 4.69) is 10.3 Å². The molecule has 0 unspecified atom stereocenters. The van der Waals surface area contributed by atoms with Gasteiger partial charge in [0.05, 0.1) is 0 Å². The van der Waals surface area contributed by atoms with Crippen molar-refractivity contribution < 1.29 is 19.1 Å². The molecule has 2 heterocycles. The largest absolute Gasteiger partial charge is 0.459 e. The molecule has 1 aromatic heterocycles. The zero-order valence-electron chi connectivity index (χ0n) is 15.7. The lowest BCUT2D eigenvalue weighted by Crippen LogP contribution is -2.50. The van der Waals surface area contributed by atoms with Crippen molar-refractivity contribution in [1.82, 2.24) is 15.2 Å². The van der Waals surface area contributed by atoms with Crippen LogP contribution in [0.4, 0.5) is 0 Å². The SMILES string of the molecule is C[C@@H](NC(=O)c1ccncc1)C(=O)N1CCC[C@H]1C(=O)OCc1ccccc1. The van der Waals surface area contributed by atoms with Gasteiger partial charge in [-0.2, -0.15) is 0 Å². The molecule has 1 aliphatic rings. The number of hydrogen-bond acceptors (Lipinski definition) is 5. The Labute approximate surface area is 163 Å². The molecule has 28 heavy (non-hydrogen) atoms. The van der Waals surface area contributed by atoms with E-state index in [0.717, 1.165) is 12.0 Å². The quantitative estimate of drug-likeness (QED) is 0.773. The molecule has 146 valence electrons. The minimum atomic E-state index is -0.747. The number of nitrogens with one attached hydrogen (secondary N) is 1. The number of benzene rings is 1. The Balaban J connectivity index is 1.57. The standard InChI is InChI=1S/C21H23N3O4/c1-15(23-19(25)17-9-11-22-12-10-17)20(26)24-13-5-8-18(24)21(27)28-14-16-6-3-2-4-7-16/h2-4,6-7,9-12,15,18H,5,8,13-14H2,1H3,(H,23,25)/t15-,18+/m1/s1. The van der Waals surface area contributed by atoms with Crippen molar-refractivity contribution in [2.24, 2.45) is 0 Å². The highest BCUT2D eigenvalue weighted by atomic mass is 16.5. The van der Waals surface area contributed by atoms with Gasteiger partial charge < -0.3 is 15.0 Å². The molecule has 0 bridgehead atoms. The highest BCUT2D eigenvalue weighted by molar-refractivity contribution is 5.98. The number of nitrogens with zero attached hydrogens (tertiary/aromatic N) is 2. The van der Waals surface area contributed by atoms with E-state index in [1.165, 1.54) is 17.3 Å². The van der Waals surface area contributed by atoms with Crippen LogP contribution in [-0.4, -0.2) is 46.3 Å². The molecule has 3 rings (SSSR count). The molecule has 2 aromatic rings. The highest BCUT2D eigenvalue weighted by Gasteiger charge is 2.37. The molecule has 0 aliphatic carbocycles. The van der Waals surface area contributed by atoms with Crippen molar-refractivity contribution in [3.05, 3.63) is 66.0 Å². The Kier molecular flexibility index (Phi) is 6.37. The second-order valence-electron chi connectivity index (χ2n) is 6.71. The predicted octanol–water partition coefficient (Wildman–Crippen LogP) is 1.93. The lowest BCUT2D eigenvalue weighted by Gasteiger charge is -2.26. The number of pyridine rings is 1. The summed E-state index contributed by atoms with van der Waals surface area (Å²) in [7, 11) is 0. The fourth-order valence-corrected chi connectivity index (χ4v) is 3.19. The van der Waals surface area contributed by atoms with Crippen molar-refractivity contribution >= 4 is 17.8 Å². The van der Waals surface area contributed by atoms with Crippen LogP contribution in [0, 0.1) is 0 Å². The first kappa shape index (κ1) is 19.5. The molecule has 2 atom stereocenters. The summed E-state index contributed by atoms with van der Waals surface area (Å²) in [6.45, 7) is 2.26. The average Bonchev–Trinajstić information content (AvgIpc) is 3.22. The third kappa shape index (κ3) is 4.73. The summed E-state index contributed by atoms with van der Waals surface area (Å²) < 4.78 is 5.40. The van der Waals surface area contributed by atoms with E-state index in [1.54, 1.807) is 19.1 Å². The summed E-state index contributed by atoms with van der Waals surface area (Å²) in [5.41, 5.74) is 1.32. The monoisotopic (exact) mass is 381 g/mol. The van der Waals surface area contributed by atoms with Gasteiger partial charge in [-0.3, -0.25) is 14.6 Å². The molecule has 1 aromatic carbocycles. The maximum absolute atomic E-state index is 12.8. The summed E-state index contributed by atoms with van der Waals surface area (Å²) in [5.74, 6) is -1.06. The molecule has 0 radical (unpaired) electrons. The number of ether oxygens (including phenoxy) is 1. The molecule has 7 heteroatoms. The fraction of sp³-hybridized carbons (Fsp3) is 0.333. The minimum absolute atomic E-state index is 0.173. The summed E-state index contributed by atoms with van der Waals surface area (Å²) in [5, 5.41) is 2.68. The van der Waals surface area contributed by atoms with Gasteiger partial charge in [-0.15, -0.1) is 0 Å². The van der Waals surface area contributed by atoms with Crippen molar-refractivity contribution in [1.29, 1.82) is 0 Å². The van der Waals surface area contributed by atoms with Gasteiger partial charge in [0.25, 0.3) is 5.91 Å². The molecule has 2 amide bonds. The zero-order chi connectivity index (χ0) is 19.9. The van der Waals surface area contributed by atoms with Gasteiger partial charge in [0.15, 0.2) is 0 Å². The summed E-state index contributed by atoms with van der Waals surface area (Å²) in [6.07, 6.45) is 4.31. The van der Waals surface area contributed by atoms with Gasteiger partial charge in [-0.05, 0) is 37.5 Å². The summed E-state index contributed by atoms with van der Waals surface area (Å²) in [6, 6.07) is 11.2. The Morgan fingerprint density at radius 1 is 1.18 bits per heavy atom. The number of rotatable bonds is 6. The van der Waals surface area contributed by atoms with Crippen molar-refractivity contribution in [3.8, 4) is 0 Å². The molecule has 1 fully saturated rings. The number of likely N-dealkylation sites (tertiary alicyclic amines) is 1. The van der Waals surface area contributed by atoms with Gasteiger partial charge in [-0.1, -0.05) is 30.3 Å². The zero-order valence-corrected chi connectivity index (χ0v) is 15.7. The predicted molar refractivity (Wildman–Crippen MR) is 102 cm³/mol. The number of hydrogen-bond donors (Lipinski definition) is 1. The molecular weight excluding hydrogens is 358 g/mol. The molecule has 7 nitrogen and oxygen atoms in total. The Hall–Kier alpha value is -3.22. The van der Waals surface area contributed by atoms with Gasteiger partial charge in [-0.25, -0.2) is 4.79 Å². The first-order valence-corrected chi connectivity index (χ1v) is 9.28. The van der Waals surface area contributed by atoms with Gasteiger partial charge in [0, 0.05) is 24.5 Å². The Morgan fingerprint density at radius 3 is 2.61 bits per heavy atom. The second-order valence-corrected chi connectivity index (χ2v) is 6.71. The Bertz CT molecular complexity index is 826. The average molecular weight is 381 g/mol. The van der Waals surface area contributed by atoms with Crippen LogP contribution in [0.15, 0.2) is 54.9 Å². The van der Waals surface area contributed by atoms with Crippen LogP contribution in [0.1, 0.15) is 35.7 Å². The number of carbonyl (C=O) groups is 3.